The molecule has 0 spiro atoms. The van der Waals surface area contributed by atoms with Crippen molar-refractivity contribution in [1.29, 1.82) is 0 Å². The molecule has 0 saturated carbocycles. The van der Waals surface area contributed by atoms with E-state index in [1.54, 1.807) is 6.20 Å². The minimum atomic E-state index is -0.302. The first-order chi connectivity index (χ1) is 17.0. The number of likely N-dealkylation sites (tertiary alicyclic amines) is 1. The lowest BCUT2D eigenvalue weighted by molar-refractivity contribution is -0.126. The Hall–Kier alpha value is -3.67. The van der Waals surface area contributed by atoms with Gasteiger partial charge in [0, 0.05) is 31.7 Å². The summed E-state index contributed by atoms with van der Waals surface area (Å²) in [5.41, 5.74) is 5.28. The van der Waals surface area contributed by atoms with E-state index in [4.69, 9.17) is 0 Å². The monoisotopic (exact) mass is 470 g/mol. The average Bonchev–Trinajstić information content (AvgIpc) is 2.89. The molecule has 1 saturated heterocycles. The molecule has 1 aromatic heterocycles. The molecule has 1 aliphatic rings. The lowest BCUT2D eigenvalue weighted by Gasteiger charge is -2.32. The van der Waals surface area contributed by atoms with Crippen molar-refractivity contribution < 1.29 is 9.59 Å². The number of aromatic nitrogens is 1. The Morgan fingerprint density at radius 3 is 2.34 bits per heavy atom. The second-order valence-electron chi connectivity index (χ2n) is 9.23. The number of pyridine rings is 1. The summed E-state index contributed by atoms with van der Waals surface area (Å²) in [6.07, 6.45) is 3.88. The molecule has 1 unspecified atom stereocenters. The average molecular weight is 471 g/mol. The Balaban J connectivity index is 1.34. The zero-order valence-electron chi connectivity index (χ0n) is 20.5. The zero-order valence-corrected chi connectivity index (χ0v) is 20.5. The Kier molecular flexibility index (Phi) is 8.14. The van der Waals surface area contributed by atoms with Crippen molar-refractivity contribution >= 4 is 11.9 Å². The minimum absolute atomic E-state index is 0.0208. The third-order valence-electron chi connectivity index (χ3n) is 6.80. The maximum Gasteiger partial charge on any atom is 0.317 e. The number of urea groups is 1. The number of carbonyl (C=O) groups is 2. The highest BCUT2D eigenvalue weighted by atomic mass is 16.2. The van der Waals surface area contributed by atoms with Gasteiger partial charge in [-0.25, -0.2) is 4.79 Å². The van der Waals surface area contributed by atoms with E-state index in [0.29, 0.717) is 32.5 Å². The Morgan fingerprint density at radius 1 is 0.943 bits per heavy atom. The van der Waals surface area contributed by atoms with Crippen LogP contribution in [0.25, 0.3) is 0 Å². The van der Waals surface area contributed by atoms with Crippen LogP contribution in [-0.2, 0) is 11.2 Å². The normalized spacial score (nSPS) is 14.9. The maximum absolute atomic E-state index is 13.3. The van der Waals surface area contributed by atoms with Crippen LogP contribution in [0.1, 0.15) is 46.8 Å². The summed E-state index contributed by atoms with van der Waals surface area (Å²) in [6, 6.07) is 21.8. The van der Waals surface area contributed by atoms with Crippen molar-refractivity contribution in [3.05, 3.63) is 101 Å². The molecule has 182 valence electrons. The standard InChI is InChI=1S/C29H34N4O2/c1-21-9-6-7-13-25(21)27(26-22(2)10-8-17-30-26)32-28(34)24-15-19-33(20-16-24)29(35)31-18-14-23-11-4-3-5-12-23/h3-13,17,24,27H,14-16,18-20H2,1-2H3,(H,31,35)(H,32,34). The third kappa shape index (κ3) is 6.27. The van der Waals surface area contributed by atoms with Crippen molar-refractivity contribution in [3.63, 3.8) is 0 Å². The Bertz CT molecular complexity index is 1090. The smallest absolute Gasteiger partial charge is 0.317 e. The van der Waals surface area contributed by atoms with Gasteiger partial charge in [0.25, 0.3) is 0 Å². The van der Waals surface area contributed by atoms with Gasteiger partial charge in [-0.15, -0.1) is 0 Å². The number of aryl methyl sites for hydroxylation is 2. The molecule has 2 aromatic carbocycles. The first-order valence-electron chi connectivity index (χ1n) is 12.4. The van der Waals surface area contributed by atoms with E-state index >= 15 is 0 Å². The third-order valence-corrected chi connectivity index (χ3v) is 6.80. The molecule has 0 aliphatic carbocycles. The molecule has 6 nitrogen and oxygen atoms in total. The molecule has 2 N–H and O–H groups in total. The van der Waals surface area contributed by atoms with Gasteiger partial charge >= 0.3 is 6.03 Å². The highest BCUT2D eigenvalue weighted by molar-refractivity contribution is 5.80. The number of rotatable bonds is 7. The summed E-state index contributed by atoms with van der Waals surface area (Å²) in [5, 5.41) is 6.29. The first-order valence-corrected chi connectivity index (χ1v) is 12.4. The summed E-state index contributed by atoms with van der Waals surface area (Å²) >= 11 is 0. The van der Waals surface area contributed by atoms with Gasteiger partial charge in [-0.3, -0.25) is 9.78 Å². The lowest BCUT2D eigenvalue weighted by Crippen LogP contribution is -2.47. The van der Waals surface area contributed by atoms with Crippen LogP contribution in [0, 0.1) is 19.8 Å². The van der Waals surface area contributed by atoms with Crippen LogP contribution in [0.15, 0.2) is 72.9 Å². The number of hydrogen-bond acceptors (Lipinski definition) is 3. The second-order valence-corrected chi connectivity index (χ2v) is 9.23. The fraction of sp³-hybridized carbons (Fsp3) is 0.345. The van der Waals surface area contributed by atoms with Gasteiger partial charge in [0.15, 0.2) is 0 Å². The highest BCUT2D eigenvalue weighted by Crippen LogP contribution is 2.27. The summed E-state index contributed by atoms with van der Waals surface area (Å²) < 4.78 is 0. The van der Waals surface area contributed by atoms with Gasteiger partial charge in [-0.2, -0.15) is 0 Å². The topological polar surface area (TPSA) is 74.3 Å². The number of carbonyl (C=O) groups excluding carboxylic acids is 2. The number of benzene rings is 2. The van der Waals surface area contributed by atoms with Crippen LogP contribution in [0.4, 0.5) is 4.79 Å². The van der Waals surface area contributed by atoms with Crippen molar-refractivity contribution in [3.8, 4) is 0 Å². The number of amides is 3. The van der Waals surface area contributed by atoms with E-state index in [9.17, 15) is 9.59 Å². The largest absolute Gasteiger partial charge is 0.343 e. The molecule has 35 heavy (non-hydrogen) atoms. The van der Waals surface area contributed by atoms with E-state index in [2.05, 4.69) is 46.8 Å². The number of hydrogen-bond donors (Lipinski definition) is 2. The van der Waals surface area contributed by atoms with Gasteiger partial charge in [0.2, 0.25) is 5.91 Å². The molecule has 6 heteroatoms. The summed E-state index contributed by atoms with van der Waals surface area (Å²) in [7, 11) is 0. The van der Waals surface area contributed by atoms with E-state index in [0.717, 1.165) is 28.8 Å². The lowest BCUT2D eigenvalue weighted by atomic mass is 9.92. The van der Waals surface area contributed by atoms with Crippen LogP contribution in [-0.4, -0.2) is 41.5 Å². The van der Waals surface area contributed by atoms with E-state index in [1.165, 1.54) is 5.56 Å². The minimum Gasteiger partial charge on any atom is -0.343 e. The van der Waals surface area contributed by atoms with Crippen molar-refractivity contribution in [2.24, 2.45) is 5.92 Å². The second kappa shape index (κ2) is 11.6. The Morgan fingerprint density at radius 2 is 1.63 bits per heavy atom. The van der Waals surface area contributed by atoms with Gasteiger partial charge in [0.05, 0.1) is 11.7 Å². The molecule has 1 fully saturated rings. The van der Waals surface area contributed by atoms with Crippen LogP contribution >= 0.6 is 0 Å². The van der Waals surface area contributed by atoms with E-state index < -0.39 is 0 Å². The van der Waals surface area contributed by atoms with Crippen LogP contribution in [0.3, 0.4) is 0 Å². The first kappa shape index (κ1) is 24.5. The molecule has 0 radical (unpaired) electrons. The van der Waals surface area contributed by atoms with Crippen molar-refractivity contribution in [1.82, 2.24) is 20.5 Å². The quantitative estimate of drug-likeness (QED) is 0.531. The predicted molar refractivity (Wildman–Crippen MR) is 138 cm³/mol. The fourth-order valence-corrected chi connectivity index (χ4v) is 4.68. The van der Waals surface area contributed by atoms with E-state index in [1.807, 2.05) is 54.3 Å². The van der Waals surface area contributed by atoms with Gasteiger partial charge < -0.3 is 15.5 Å². The molecule has 4 rings (SSSR count). The van der Waals surface area contributed by atoms with Gasteiger partial charge in [-0.05, 0) is 61.4 Å². The molecule has 3 amide bonds. The van der Waals surface area contributed by atoms with Crippen LogP contribution in [0.5, 0.6) is 0 Å². The number of nitrogens with zero attached hydrogens (tertiary/aromatic N) is 2. The number of nitrogens with one attached hydrogen (secondary N) is 2. The number of piperidine rings is 1. The molecule has 2 heterocycles. The van der Waals surface area contributed by atoms with Crippen molar-refractivity contribution in [2.45, 2.75) is 39.2 Å². The summed E-state index contributed by atoms with van der Waals surface area (Å²) in [6.45, 7) is 5.83. The molecule has 1 aliphatic heterocycles. The zero-order chi connectivity index (χ0) is 24.6. The predicted octanol–water partition coefficient (Wildman–Crippen LogP) is 4.57. The fourth-order valence-electron chi connectivity index (χ4n) is 4.68. The summed E-state index contributed by atoms with van der Waals surface area (Å²) in [5.74, 6) is -0.105. The van der Waals surface area contributed by atoms with Crippen LogP contribution < -0.4 is 10.6 Å². The molecular formula is C29H34N4O2. The SMILES string of the molecule is Cc1ccccc1C(NC(=O)C1CCN(C(=O)NCCc2ccccc2)CC1)c1ncccc1C. The maximum atomic E-state index is 13.3. The van der Waals surface area contributed by atoms with Crippen LogP contribution in [0.2, 0.25) is 0 Å². The molecule has 0 bridgehead atoms. The Labute approximate surface area is 207 Å². The van der Waals surface area contributed by atoms with Gasteiger partial charge in [0.1, 0.15) is 0 Å². The molecule has 1 atom stereocenters. The van der Waals surface area contributed by atoms with Gasteiger partial charge in [-0.1, -0.05) is 60.7 Å². The molecule has 3 aromatic rings. The van der Waals surface area contributed by atoms with E-state index in [-0.39, 0.29) is 23.9 Å². The highest BCUT2D eigenvalue weighted by Gasteiger charge is 2.30. The summed E-state index contributed by atoms with van der Waals surface area (Å²) in [4.78, 5) is 32.3. The molecular weight excluding hydrogens is 436 g/mol. The van der Waals surface area contributed by atoms with Crippen molar-refractivity contribution in [2.75, 3.05) is 19.6 Å².